The maximum atomic E-state index is 13.3. The van der Waals surface area contributed by atoms with Crippen LogP contribution in [0.2, 0.25) is 0 Å². The lowest BCUT2D eigenvalue weighted by molar-refractivity contribution is -0.387. The summed E-state index contributed by atoms with van der Waals surface area (Å²) in [4.78, 5) is 22.1. The fraction of sp³-hybridized carbons (Fsp3) is 0.562. The summed E-state index contributed by atoms with van der Waals surface area (Å²) in [6.45, 7) is 3.43. The predicted molar refractivity (Wildman–Crippen MR) is 82.8 cm³/mol. The molecule has 1 fully saturated rings. The number of nitro benzene ring substituents is 1. The number of halogens is 1. The Morgan fingerprint density at radius 3 is 2.70 bits per heavy atom. The summed E-state index contributed by atoms with van der Waals surface area (Å²) in [5, 5.41) is 13.6. The zero-order valence-electron chi connectivity index (χ0n) is 13.1. The number of hydrogen-bond donors (Lipinski definition) is 1. The number of ether oxygens (including phenoxy) is 1. The molecule has 6 nitrogen and oxygen atoms in total. The maximum Gasteiger partial charge on any atom is 0.305 e. The molecule has 1 amide bonds. The van der Waals surface area contributed by atoms with Gasteiger partial charge in [-0.05, 0) is 50.7 Å². The number of hydrogen-bond acceptors (Lipinski definition) is 4. The first-order valence-electron chi connectivity index (χ1n) is 7.83. The van der Waals surface area contributed by atoms with Crippen molar-refractivity contribution in [2.45, 2.75) is 38.6 Å². The average Bonchev–Trinajstić information content (AvgIpc) is 2.54. The van der Waals surface area contributed by atoms with E-state index in [1.807, 2.05) is 6.92 Å². The fourth-order valence-corrected chi connectivity index (χ4v) is 2.82. The van der Waals surface area contributed by atoms with Crippen molar-refractivity contribution in [2.75, 3.05) is 13.2 Å². The van der Waals surface area contributed by atoms with Crippen LogP contribution in [0.15, 0.2) is 18.2 Å². The van der Waals surface area contributed by atoms with Gasteiger partial charge in [-0.15, -0.1) is 0 Å². The van der Waals surface area contributed by atoms with Crippen molar-refractivity contribution in [3.63, 3.8) is 0 Å². The molecular formula is C16H21FN2O4. The molecule has 0 radical (unpaired) electrons. The Morgan fingerprint density at radius 2 is 2.09 bits per heavy atom. The Kier molecular flexibility index (Phi) is 6.04. The highest BCUT2D eigenvalue weighted by molar-refractivity contribution is 5.95. The lowest BCUT2D eigenvalue weighted by atomic mass is 9.86. The van der Waals surface area contributed by atoms with Crippen molar-refractivity contribution < 1.29 is 18.8 Å². The molecule has 0 heterocycles. The number of nitro groups is 1. The van der Waals surface area contributed by atoms with Gasteiger partial charge in [-0.3, -0.25) is 14.9 Å². The molecule has 1 aromatic rings. The topological polar surface area (TPSA) is 81.5 Å². The number of nitrogens with zero attached hydrogens (tertiary/aromatic N) is 1. The largest absolute Gasteiger partial charge is 0.381 e. The number of rotatable bonds is 6. The van der Waals surface area contributed by atoms with Gasteiger partial charge in [-0.1, -0.05) is 0 Å². The van der Waals surface area contributed by atoms with E-state index in [9.17, 15) is 19.3 Å². The van der Waals surface area contributed by atoms with E-state index in [0.717, 1.165) is 44.4 Å². The normalized spacial score (nSPS) is 21.0. The maximum absolute atomic E-state index is 13.3. The first-order chi connectivity index (χ1) is 11.0. The number of carbonyl (C=O) groups is 1. The molecule has 0 aliphatic heterocycles. The van der Waals surface area contributed by atoms with Crippen molar-refractivity contribution in [1.29, 1.82) is 0 Å². The van der Waals surface area contributed by atoms with E-state index in [1.54, 1.807) is 0 Å². The van der Waals surface area contributed by atoms with Crippen molar-refractivity contribution >= 4 is 11.6 Å². The van der Waals surface area contributed by atoms with Crippen LogP contribution in [0.5, 0.6) is 0 Å². The molecule has 0 aromatic heterocycles. The molecule has 7 heteroatoms. The van der Waals surface area contributed by atoms with Gasteiger partial charge in [0.2, 0.25) is 5.82 Å². The summed E-state index contributed by atoms with van der Waals surface area (Å²) in [5.41, 5.74) is -0.576. The van der Waals surface area contributed by atoms with Crippen molar-refractivity contribution in [2.24, 2.45) is 5.92 Å². The monoisotopic (exact) mass is 324 g/mol. The molecule has 1 N–H and O–H groups in total. The lowest BCUT2D eigenvalue weighted by Crippen LogP contribution is -2.38. The zero-order chi connectivity index (χ0) is 16.8. The van der Waals surface area contributed by atoms with Crippen LogP contribution in [0.3, 0.4) is 0 Å². The van der Waals surface area contributed by atoms with Gasteiger partial charge in [0.15, 0.2) is 0 Å². The molecule has 2 rings (SSSR count). The molecule has 1 aliphatic rings. The Bertz CT molecular complexity index is 571. The summed E-state index contributed by atoms with van der Waals surface area (Å²) in [7, 11) is 0. The summed E-state index contributed by atoms with van der Waals surface area (Å²) in [6.07, 6.45) is 3.67. The van der Waals surface area contributed by atoms with Crippen LogP contribution in [0.25, 0.3) is 0 Å². The fourth-order valence-electron chi connectivity index (χ4n) is 2.82. The minimum Gasteiger partial charge on any atom is -0.381 e. The second-order valence-corrected chi connectivity index (χ2v) is 5.77. The van der Waals surface area contributed by atoms with Gasteiger partial charge in [0.1, 0.15) is 0 Å². The van der Waals surface area contributed by atoms with Crippen molar-refractivity contribution in [1.82, 2.24) is 5.32 Å². The molecule has 0 saturated heterocycles. The summed E-state index contributed by atoms with van der Waals surface area (Å²) in [5.74, 6) is -0.820. The van der Waals surface area contributed by atoms with E-state index in [4.69, 9.17) is 4.74 Å². The lowest BCUT2D eigenvalue weighted by Gasteiger charge is -2.28. The first kappa shape index (κ1) is 17.3. The van der Waals surface area contributed by atoms with E-state index in [2.05, 4.69) is 5.32 Å². The summed E-state index contributed by atoms with van der Waals surface area (Å²) in [6, 6.07) is 3.24. The Labute approximate surface area is 134 Å². The predicted octanol–water partition coefficient (Wildman–Crippen LogP) is 3.06. The minimum absolute atomic E-state index is 0.0458. The molecule has 1 aliphatic carbocycles. The third kappa shape index (κ3) is 4.72. The Hall–Kier alpha value is -2.02. The number of carbonyl (C=O) groups excluding carboxylic acids is 1. The van der Waals surface area contributed by atoms with Gasteiger partial charge in [-0.2, -0.15) is 4.39 Å². The second kappa shape index (κ2) is 8.01. The SMILES string of the molecule is CCOCC1CCC(NC(=O)c2ccc(F)c([N+](=O)[O-])c2)CC1. The Morgan fingerprint density at radius 1 is 1.39 bits per heavy atom. The van der Waals surface area contributed by atoms with Gasteiger partial charge >= 0.3 is 5.69 Å². The van der Waals surface area contributed by atoms with E-state index in [0.29, 0.717) is 12.5 Å². The minimum atomic E-state index is -0.942. The first-order valence-corrected chi connectivity index (χ1v) is 7.83. The van der Waals surface area contributed by atoms with Crippen LogP contribution >= 0.6 is 0 Å². The average molecular weight is 324 g/mol. The van der Waals surface area contributed by atoms with E-state index in [1.165, 1.54) is 6.07 Å². The van der Waals surface area contributed by atoms with Gasteiger partial charge in [0.05, 0.1) is 4.92 Å². The highest BCUT2D eigenvalue weighted by atomic mass is 19.1. The number of amides is 1. The molecule has 23 heavy (non-hydrogen) atoms. The molecule has 0 unspecified atom stereocenters. The Balaban J connectivity index is 1.90. The smallest absolute Gasteiger partial charge is 0.305 e. The van der Waals surface area contributed by atoms with Crippen molar-refractivity contribution in [3.05, 3.63) is 39.7 Å². The van der Waals surface area contributed by atoms with Gasteiger partial charge < -0.3 is 10.1 Å². The molecule has 126 valence electrons. The van der Waals surface area contributed by atoms with Gasteiger partial charge in [0.25, 0.3) is 5.91 Å². The zero-order valence-corrected chi connectivity index (χ0v) is 13.1. The van der Waals surface area contributed by atoms with Gasteiger partial charge in [0, 0.05) is 30.9 Å². The van der Waals surface area contributed by atoms with Crippen LogP contribution in [-0.4, -0.2) is 30.1 Å². The molecule has 0 bridgehead atoms. The van der Waals surface area contributed by atoms with Crippen LogP contribution in [0.4, 0.5) is 10.1 Å². The molecule has 1 saturated carbocycles. The van der Waals surface area contributed by atoms with E-state index < -0.39 is 22.3 Å². The highest BCUT2D eigenvalue weighted by Gasteiger charge is 2.24. The molecular weight excluding hydrogens is 303 g/mol. The van der Waals surface area contributed by atoms with Crippen molar-refractivity contribution in [3.8, 4) is 0 Å². The van der Waals surface area contributed by atoms with Crippen LogP contribution in [0.1, 0.15) is 43.0 Å². The van der Waals surface area contributed by atoms with Crippen LogP contribution in [0, 0.1) is 21.8 Å². The third-order valence-electron chi connectivity index (χ3n) is 4.14. The summed E-state index contributed by atoms with van der Waals surface area (Å²) < 4.78 is 18.7. The molecule has 0 spiro atoms. The van der Waals surface area contributed by atoms with E-state index in [-0.39, 0.29) is 11.6 Å². The number of benzene rings is 1. The van der Waals surface area contributed by atoms with Gasteiger partial charge in [-0.25, -0.2) is 0 Å². The van der Waals surface area contributed by atoms with E-state index >= 15 is 0 Å². The molecule has 0 atom stereocenters. The molecule has 1 aromatic carbocycles. The highest BCUT2D eigenvalue weighted by Crippen LogP contribution is 2.25. The summed E-state index contributed by atoms with van der Waals surface area (Å²) >= 11 is 0. The second-order valence-electron chi connectivity index (χ2n) is 5.77. The van der Waals surface area contributed by atoms with Crippen LogP contribution in [-0.2, 0) is 4.74 Å². The van der Waals surface area contributed by atoms with Crippen LogP contribution < -0.4 is 5.32 Å². The third-order valence-corrected chi connectivity index (χ3v) is 4.14. The standard InChI is InChI=1S/C16H21FN2O4/c1-2-23-10-11-3-6-13(7-4-11)18-16(20)12-5-8-14(17)15(9-12)19(21)22/h5,8-9,11,13H,2-4,6-7,10H2,1H3,(H,18,20). The number of nitrogens with one attached hydrogen (secondary N) is 1. The quantitative estimate of drug-likeness (QED) is 0.644.